The predicted octanol–water partition coefficient (Wildman–Crippen LogP) is 5.56. The minimum atomic E-state index is -0.556. The summed E-state index contributed by atoms with van der Waals surface area (Å²) >= 11 is 0. The first-order valence-electron chi connectivity index (χ1n) is 12.2. The van der Waals surface area contributed by atoms with Crippen LogP contribution in [-0.2, 0) is 0 Å². The van der Waals surface area contributed by atoms with E-state index in [0.29, 0.717) is 23.7 Å². The fourth-order valence-corrected chi connectivity index (χ4v) is 6.46. The van der Waals surface area contributed by atoms with Gasteiger partial charge in [0.2, 0.25) is 0 Å². The molecule has 170 valence electrons. The Bertz CT molecular complexity index is 683. The summed E-state index contributed by atoms with van der Waals surface area (Å²) in [6, 6.07) is 0. The predicted molar refractivity (Wildman–Crippen MR) is 124 cm³/mol. The molecule has 3 aliphatic carbocycles. The molecule has 0 aromatic rings. The zero-order chi connectivity index (χ0) is 22.1. The highest BCUT2D eigenvalue weighted by atomic mass is 16.3. The first-order chi connectivity index (χ1) is 14.0. The lowest BCUT2D eigenvalue weighted by Crippen LogP contribution is -2.35. The summed E-state index contributed by atoms with van der Waals surface area (Å²) in [4.78, 5) is 0. The average molecular weight is 417 g/mol. The number of hydrogen-bond acceptors (Lipinski definition) is 3. The lowest BCUT2D eigenvalue weighted by atomic mass is 9.62. The van der Waals surface area contributed by atoms with E-state index in [0.717, 1.165) is 30.8 Å². The molecule has 3 nitrogen and oxygen atoms in total. The molecule has 0 spiro atoms. The Labute approximate surface area is 184 Å². The largest absolute Gasteiger partial charge is 0.392 e. The summed E-state index contributed by atoms with van der Waals surface area (Å²) in [5.74, 6) is 1.97. The number of aliphatic hydroxyl groups is 3. The van der Waals surface area contributed by atoms with Crippen LogP contribution in [0.25, 0.3) is 0 Å². The van der Waals surface area contributed by atoms with Crippen LogP contribution in [0.1, 0.15) is 86.0 Å². The lowest BCUT2D eigenvalue weighted by Gasteiger charge is -2.43. The second-order valence-electron chi connectivity index (χ2n) is 11.4. The van der Waals surface area contributed by atoms with E-state index in [1.54, 1.807) is 0 Å². The molecule has 1 saturated carbocycles. The third kappa shape index (κ3) is 5.29. The Morgan fingerprint density at radius 2 is 1.97 bits per heavy atom. The van der Waals surface area contributed by atoms with Gasteiger partial charge in [-0.05, 0) is 86.7 Å². The van der Waals surface area contributed by atoms with E-state index in [1.807, 2.05) is 26.8 Å². The summed E-state index contributed by atoms with van der Waals surface area (Å²) in [5, 5.41) is 30.4. The number of fused-ring (bicyclic) bond motifs is 1. The minimum absolute atomic E-state index is 0.0900. The van der Waals surface area contributed by atoms with Crippen molar-refractivity contribution in [2.45, 2.75) is 104 Å². The molecule has 0 aliphatic heterocycles. The van der Waals surface area contributed by atoms with Crippen molar-refractivity contribution >= 4 is 0 Å². The van der Waals surface area contributed by atoms with Gasteiger partial charge in [0.1, 0.15) is 0 Å². The Kier molecular flexibility index (Phi) is 7.37. The second-order valence-corrected chi connectivity index (χ2v) is 11.4. The summed E-state index contributed by atoms with van der Waals surface area (Å²) in [7, 11) is 0. The third-order valence-corrected chi connectivity index (χ3v) is 8.47. The number of rotatable bonds is 7. The van der Waals surface area contributed by atoms with Crippen molar-refractivity contribution < 1.29 is 15.3 Å². The maximum absolute atomic E-state index is 10.2. The maximum Gasteiger partial charge on any atom is 0.0776 e. The molecule has 0 unspecified atom stereocenters. The van der Waals surface area contributed by atoms with Gasteiger partial charge in [0, 0.05) is 5.92 Å². The van der Waals surface area contributed by atoms with E-state index >= 15 is 0 Å². The van der Waals surface area contributed by atoms with E-state index in [-0.39, 0.29) is 5.92 Å². The third-order valence-electron chi connectivity index (χ3n) is 8.47. The zero-order valence-electron chi connectivity index (χ0n) is 19.8. The van der Waals surface area contributed by atoms with Gasteiger partial charge in [-0.25, -0.2) is 0 Å². The number of aliphatic hydroxyl groups excluding tert-OH is 2. The molecule has 0 radical (unpaired) electrons. The van der Waals surface area contributed by atoms with Gasteiger partial charge in [0.15, 0.2) is 0 Å². The lowest BCUT2D eigenvalue weighted by molar-refractivity contribution is 0.0367. The molecule has 0 aromatic heterocycles. The molecule has 0 amide bonds. The fourth-order valence-electron chi connectivity index (χ4n) is 6.46. The SMILES string of the molecule is C[C@@H]1[C@H](O)C=C(/C=C/C2=CCC[C@]3(C)[C@@H]([C@H](C)CCCC(C)(C)O)CC[C@@H]23)C[C@H]1O. The number of hydrogen-bond donors (Lipinski definition) is 3. The topological polar surface area (TPSA) is 60.7 Å². The molecule has 3 aliphatic rings. The highest BCUT2D eigenvalue weighted by Crippen LogP contribution is 2.58. The maximum atomic E-state index is 10.2. The normalized spacial score (nSPS) is 38.3. The Morgan fingerprint density at radius 3 is 2.63 bits per heavy atom. The molecule has 3 rings (SSSR count). The zero-order valence-corrected chi connectivity index (χ0v) is 19.8. The van der Waals surface area contributed by atoms with Crippen molar-refractivity contribution in [3.05, 3.63) is 35.5 Å². The minimum Gasteiger partial charge on any atom is -0.392 e. The molecule has 3 heteroatoms. The smallest absolute Gasteiger partial charge is 0.0776 e. The van der Waals surface area contributed by atoms with Gasteiger partial charge >= 0.3 is 0 Å². The van der Waals surface area contributed by atoms with Gasteiger partial charge in [-0.15, -0.1) is 0 Å². The second kappa shape index (κ2) is 9.30. The van der Waals surface area contributed by atoms with Crippen LogP contribution in [0.4, 0.5) is 0 Å². The first-order valence-corrected chi connectivity index (χ1v) is 12.2. The van der Waals surface area contributed by atoms with Crippen LogP contribution < -0.4 is 0 Å². The summed E-state index contributed by atoms with van der Waals surface area (Å²) < 4.78 is 0. The van der Waals surface area contributed by atoms with Gasteiger partial charge in [-0.3, -0.25) is 0 Å². The number of allylic oxidation sites excluding steroid dienone is 4. The van der Waals surface area contributed by atoms with E-state index < -0.39 is 17.8 Å². The van der Waals surface area contributed by atoms with Gasteiger partial charge in [0.25, 0.3) is 0 Å². The quantitative estimate of drug-likeness (QED) is 0.509. The van der Waals surface area contributed by atoms with Crippen LogP contribution in [0.2, 0.25) is 0 Å². The molecule has 30 heavy (non-hydrogen) atoms. The van der Waals surface area contributed by atoms with Gasteiger partial charge in [0.05, 0.1) is 17.8 Å². The van der Waals surface area contributed by atoms with Gasteiger partial charge in [-0.2, -0.15) is 0 Å². The van der Waals surface area contributed by atoms with E-state index in [2.05, 4.69) is 32.1 Å². The van der Waals surface area contributed by atoms with Crippen molar-refractivity contribution in [1.29, 1.82) is 0 Å². The van der Waals surface area contributed by atoms with Crippen LogP contribution in [-0.4, -0.2) is 33.1 Å². The van der Waals surface area contributed by atoms with Crippen LogP contribution in [0.3, 0.4) is 0 Å². The highest BCUT2D eigenvalue weighted by molar-refractivity contribution is 5.35. The average Bonchev–Trinajstić information content (AvgIpc) is 3.00. The molecule has 3 N–H and O–H groups in total. The molecule has 0 bridgehead atoms. The van der Waals surface area contributed by atoms with Crippen LogP contribution >= 0.6 is 0 Å². The van der Waals surface area contributed by atoms with E-state index in [4.69, 9.17) is 0 Å². The van der Waals surface area contributed by atoms with Crippen molar-refractivity contribution in [3.63, 3.8) is 0 Å². The van der Waals surface area contributed by atoms with Crippen LogP contribution in [0.15, 0.2) is 35.5 Å². The van der Waals surface area contributed by atoms with E-state index in [9.17, 15) is 15.3 Å². The molecule has 0 aromatic carbocycles. The van der Waals surface area contributed by atoms with Gasteiger partial charge < -0.3 is 15.3 Å². The molecule has 0 heterocycles. The molecular weight excluding hydrogens is 372 g/mol. The highest BCUT2D eigenvalue weighted by Gasteiger charge is 2.49. The van der Waals surface area contributed by atoms with Crippen molar-refractivity contribution in [2.24, 2.45) is 29.1 Å². The van der Waals surface area contributed by atoms with Crippen LogP contribution in [0.5, 0.6) is 0 Å². The standard InChI is InChI=1S/C27H44O3/c1-18(8-6-14-26(3,4)30)22-12-13-23-21(9-7-15-27(22,23)5)11-10-20-16-24(28)19(2)25(29)17-20/h9-11,16,18-19,22-25,28-30H,6-8,12-15,17H2,1-5H3/b11-10+/t18-,19-,22-,23+,24-,25-,27-/m1/s1. The monoisotopic (exact) mass is 416 g/mol. The fraction of sp³-hybridized carbons (Fsp3) is 0.778. The molecule has 1 fully saturated rings. The van der Waals surface area contributed by atoms with E-state index in [1.165, 1.54) is 31.3 Å². The van der Waals surface area contributed by atoms with Crippen molar-refractivity contribution in [1.82, 2.24) is 0 Å². The molecule has 7 atom stereocenters. The molecular formula is C27H44O3. The summed E-state index contributed by atoms with van der Waals surface area (Å²) in [5.41, 5.74) is 2.31. The van der Waals surface area contributed by atoms with Crippen molar-refractivity contribution in [3.8, 4) is 0 Å². The van der Waals surface area contributed by atoms with Crippen molar-refractivity contribution in [2.75, 3.05) is 0 Å². The summed E-state index contributed by atoms with van der Waals surface area (Å²) in [6.45, 7) is 10.7. The van der Waals surface area contributed by atoms with Gasteiger partial charge in [-0.1, -0.05) is 57.9 Å². The summed E-state index contributed by atoms with van der Waals surface area (Å²) in [6.07, 6.45) is 16.5. The Morgan fingerprint density at radius 1 is 1.23 bits per heavy atom. The Hall–Kier alpha value is -0.900. The Balaban J connectivity index is 1.65. The van der Waals surface area contributed by atoms with Crippen LogP contribution in [0, 0.1) is 29.1 Å². The first kappa shape index (κ1) is 23.8. The molecule has 0 saturated heterocycles.